The van der Waals surface area contributed by atoms with Crippen LogP contribution in [0.3, 0.4) is 0 Å². The van der Waals surface area contributed by atoms with E-state index in [1.54, 1.807) is 47.4 Å². The molecule has 184 valence electrons. The fourth-order valence-corrected chi connectivity index (χ4v) is 3.64. The van der Waals surface area contributed by atoms with Crippen LogP contribution in [0.1, 0.15) is 23.2 Å². The first-order valence-electron chi connectivity index (χ1n) is 11.3. The molecular weight excluding hydrogens is 474 g/mol. The van der Waals surface area contributed by atoms with Gasteiger partial charge >= 0.3 is 0 Å². The molecule has 3 rings (SSSR count). The maximum atomic E-state index is 13.0. The van der Waals surface area contributed by atoms with E-state index < -0.39 is 0 Å². The zero-order valence-electron chi connectivity index (χ0n) is 20.0. The minimum Gasteiger partial charge on any atom is -0.405 e. The van der Waals surface area contributed by atoms with Crippen molar-refractivity contribution in [2.45, 2.75) is 19.8 Å². The molecular formula is C28H28ClN5O2. The second-order valence-corrected chi connectivity index (χ2v) is 8.17. The number of halogens is 1. The predicted octanol–water partition coefficient (Wildman–Crippen LogP) is 4.74. The molecule has 1 aliphatic rings. The number of anilines is 1. The first-order valence-corrected chi connectivity index (χ1v) is 11.8. The van der Waals surface area contributed by atoms with E-state index in [0.29, 0.717) is 24.2 Å². The van der Waals surface area contributed by atoms with Crippen LogP contribution in [0.5, 0.6) is 0 Å². The number of carbonyl (C=O) groups is 1. The highest BCUT2D eigenvalue weighted by Gasteiger charge is 2.17. The van der Waals surface area contributed by atoms with Gasteiger partial charge in [0.05, 0.1) is 5.69 Å². The number of benzene rings is 1. The summed E-state index contributed by atoms with van der Waals surface area (Å²) in [6, 6.07) is 8.81. The second kappa shape index (κ2) is 13.0. The number of aromatic nitrogens is 1. The van der Waals surface area contributed by atoms with E-state index in [-0.39, 0.29) is 17.3 Å². The smallest absolute Gasteiger partial charge is 0.255 e. The molecule has 0 bridgehead atoms. The van der Waals surface area contributed by atoms with Gasteiger partial charge in [0.2, 0.25) is 5.91 Å². The molecule has 1 aromatic heterocycles. The average Bonchev–Trinajstić information content (AvgIpc) is 2.87. The van der Waals surface area contributed by atoms with Crippen LogP contribution in [-0.2, 0) is 11.2 Å². The van der Waals surface area contributed by atoms with Crippen molar-refractivity contribution in [2.75, 3.05) is 11.2 Å². The van der Waals surface area contributed by atoms with E-state index in [9.17, 15) is 9.59 Å². The van der Waals surface area contributed by atoms with Gasteiger partial charge in [-0.15, -0.1) is 18.2 Å². The summed E-state index contributed by atoms with van der Waals surface area (Å²) in [5, 5.41) is 2.85. The first-order chi connectivity index (χ1) is 17.5. The molecule has 1 aliphatic heterocycles. The minimum atomic E-state index is -0.289. The van der Waals surface area contributed by atoms with E-state index in [1.165, 1.54) is 18.3 Å². The van der Waals surface area contributed by atoms with Gasteiger partial charge in [0.15, 0.2) is 0 Å². The van der Waals surface area contributed by atoms with Crippen LogP contribution < -0.4 is 16.6 Å². The van der Waals surface area contributed by atoms with E-state index in [1.807, 2.05) is 31.2 Å². The molecule has 36 heavy (non-hydrogen) atoms. The molecule has 0 spiro atoms. The Kier molecular flexibility index (Phi) is 9.54. The maximum Gasteiger partial charge on any atom is 0.255 e. The zero-order chi connectivity index (χ0) is 25.9. The Morgan fingerprint density at radius 3 is 2.92 bits per heavy atom. The summed E-state index contributed by atoms with van der Waals surface area (Å²) in [4.78, 5) is 34.1. The Hall–Kier alpha value is -4.23. The van der Waals surface area contributed by atoms with Crippen LogP contribution in [0.15, 0.2) is 106 Å². The van der Waals surface area contributed by atoms with Gasteiger partial charge in [-0.05, 0) is 55.1 Å². The number of fused-ring (bicyclic) bond motifs is 1. The van der Waals surface area contributed by atoms with Gasteiger partial charge in [-0.2, -0.15) is 0 Å². The van der Waals surface area contributed by atoms with Crippen molar-refractivity contribution < 1.29 is 4.79 Å². The van der Waals surface area contributed by atoms with Crippen LogP contribution in [0.2, 0.25) is 0 Å². The molecule has 3 N–H and O–H groups in total. The number of carbonyl (C=O) groups excluding carboxylic acids is 1. The number of alkyl halides is 1. The SMILES string of the molecule is C=CC/C(=C\C=C1/Cc2c(ccc(=O)n2-c2ccc(C)c(NC(=O)/C=C/CCl)c2)C=N1)N=CC=CN. The largest absolute Gasteiger partial charge is 0.405 e. The molecule has 0 fully saturated rings. The highest BCUT2D eigenvalue weighted by molar-refractivity contribution is 6.19. The average molecular weight is 502 g/mol. The van der Waals surface area contributed by atoms with Crippen molar-refractivity contribution in [3.8, 4) is 5.69 Å². The number of hydrogen-bond acceptors (Lipinski definition) is 5. The lowest BCUT2D eigenvalue weighted by atomic mass is 10.0. The van der Waals surface area contributed by atoms with Crippen molar-refractivity contribution in [1.82, 2.24) is 4.57 Å². The van der Waals surface area contributed by atoms with Crippen LogP contribution in [-0.4, -0.2) is 28.8 Å². The van der Waals surface area contributed by atoms with Gasteiger partial charge in [0.25, 0.3) is 5.56 Å². The second-order valence-electron chi connectivity index (χ2n) is 7.86. The molecule has 0 unspecified atom stereocenters. The zero-order valence-corrected chi connectivity index (χ0v) is 20.8. The lowest BCUT2D eigenvalue weighted by molar-refractivity contribution is -0.111. The van der Waals surface area contributed by atoms with Crippen molar-refractivity contribution in [3.05, 3.63) is 118 Å². The number of hydrogen-bond donors (Lipinski definition) is 2. The van der Waals surface area contributed by atoms with E-state index in [2.05, 4.69) is 21.9 Å². The van der Waals surface area contributed by atoms with Gasteiger partial charge in [-0.1, -0.05) is 18.2 Å². The highest BCUT2D eigenvalue weighted by atomic mass is 35.5. The number of amides is 1. The summed E-state index contributed by atoms with van der Waals surface area (Å²) >= 11 is 5.62. The Bertz CT molecular complexity index is 1380. The number of rotatable bonds is 9. The van der Waals surface area contributed by atoms with E-state index in [0.717, 1.165) is 28.2 Å². The normalized spacial score (nSPS) is 14.7. The summed E-state index contributed by atoms with van der Waals surface area (Å²) in [6.45, 7) is 5.66. The molecule has 8 heteroatoms. The van der Waals surface area contributed by atoms with Gasteiger partial charge in [-0.3, -0.25) is 24.1 Å². The topological polar surface area (TPSA) is 102 Å². The minimum absolute atomic E-state index is 0.173. The molecule has 1 amide bonds. The number of allylic oxidation sites excluding steroid dienone is 6. The number of aliphatic imine (C=N–C) groups is 2. The fourth-order valence-electron chi connectivity index (χ4n) is 3.55. The van der Waals surface area contributed by atoms with Crippen LogP contribution in [0.4, 0.5) is 5.69 Å². The Labute approximate surface area is 215 Å². The third-order valence-corrected chi connectivity index (χ3v) is 5.48. The lowest BCUT2D eigenvalue weighted by Crippen LogP contribution is -2.24. The van der Waals surface area contributed by atoms with Crippen LogP contribution >= 0.6 is 11.6 Å². The molecule has 1 aromatic carbocycles. The Balaban J connectivity index is 1.99. The summed E-state index contributed by atoms with van der Waals surface area (Å²) in [7, 11) is 0. The third-order valence-electron chi connectivity index (χ3n) is 5.30. The molecule has 0 saturated heterocycles. The van der Waals surface area contributed by atoms with E-state index >= 15 is 0 Å². The lowest BCUT2D eigenvalue weighted by Gasteiger charge is -2.19. The fraction of sp³-hybridized carbons (Fsp3) is 0.143. The standard InChI is InChI=1S/C28H28ClN5O2/c1-3-6-22(31-16-5-15-30)10-11-23-17-26-21(19-32-23)9-13-28(36)34(26)24-12-8-20(2)25(18-24)33-27(35)7-4-14-29/h3-5,7-13,15-16,18-19H,1,6,14,17,30H2,2H3,(H,33,35)/b7-4+,15-5?,22-10+,23-11+,31-16?. The summed E-state index contributed by atoms with van der Waals surface area (Å²) < 4.78 is 1.65. The third kappa shape index (κ3) is 6.90. The summed E-state index contributed by atoms with van der Waals surface area (Å²) in [6.07, 6.45) is 15.9. The quantitative estimate of drug-likeness (QED) is 0.224. The predicted molar refractivity (Wildman–Crippen MR) is 149 cm³/mol. The molecule has 0 radical (unpaired) electrons. The van der Waals surface area contributed by atoms with Crippen molar-refractivity contribution >= 4 is 35.6 Å². The van der Waals surface area contributed by atoms with Crippen molar-refractivity contribution in [3.63, 3.8) is 0 Å². The summed E-state index contributed by atoms with van der Waals surface area (Å²) in [5.41, 5.74) is 10.6. The van der Waals surface area contributed by atoms with Gasteiger partial charge in [0, 0.05) is 71.6 Å². The number of aryl methyl sites for hydroxylation is 1. The number of nitrogens with zero attached hydrogens (tertiary/aromatic N) is 3. The van der Waals surface area contributed by atoms with E-state index in [4.69, 9.17) is 17.3 Å². The molecule has 0 saturated carbocycles. The number of nitrogens with one attached hydrogen (secondary N) is 1. The molecule has 2 aromatic rings. The monoisotopic (exact) mass is 501 g/mol. The number of nitrogens with two attached hydrogens (primary N) is 1. The Morgan fingerprint density at radius 1 is 1.33 bits per heavy atom. The molecule has 2 heterocycles. The molecule has 0 atom stereocenters. The molecule has 7 nitrogen and oxygen atoms in total. The van der Waals surface area contributed by atoms with Crippen molar-refractivity contribution in [2.24, 2.45) is 15.7 Å². The van der Waals surface area contributed by atoms with Gasteiger partial charge in [0.1, 0.15) is 0 Å². The maximum absolute atomic E-state index is 13.0. The van der Waals surface area contributed by atoms with Gasteiger partial charge < -0.3 is 11.1 Å². The van der Waals surface area contributed by atoms with Gasteiger partial charge in [-0.25, -0.2) is 0 Å². The Morgan fingerprint density at radius 2 is 2.17 bits per heavy atom. The van der Waals surface area contributed by atoms with Crippen molar-refractivity contribution in [1.29, 1.82) is 0 Å². The first kappa shape index (κ1) is 26.4. The van der Waals surface area contributed by atoms with Crippen LogP contribution in [0, 0.1) is 6.92 Å². The van der Waals surface area contributed by atoms with Crippen LogP contribution in [0.25, 0.3) is 5.69 Å². The highest BCUT2D eigenvalue weighted by Crippen LogP contribution is 2.24. The number of pyridine rings is 1. The molecule has 0 aliphatic carbocycles. The summed E-state index contributed by atoms with van der Waals surface area (Å²) in [5.74, 6) is -0.0426.